The summed E-state index contributed by atoms with van der Waals surface area (Å²) in [7, 11) is -6.25. The Kier molecular flexibility index (Phi) is 11.4. The van der Waals surface area contributed by atoms with Gasteiger partial charge in [-0.05, 0) is 0 Å². The molecular weight excluding hydrogens is 416 g/mol. The maximum absolute atomic E-state index is 13.0. The van der Waals surface area contributed by atoms with Gasteiger partial charge in [0.2, 0.25) is 6.17 Å². The summed E-state index contributed by atoms with van der Waals surface area (Å²) >= 11 is 0. The predicted octanol–water partition coefficient (Wildman–Crippen LogP) is 2.89. The fourth-order valence-electron chi connectivity index (χ4n) is 1.19. The van der Waals surface area contributed by atoms with E-state index in [9.17, 15) is 52.3 Å². The minimum absolute atomic E-state index is 0.583. The third kappa shape index (κ3) is 7.65. The van der Waals surface area contributed by atoms with Gasteiger partial charge in [-0.15, -0.1) is 6.58 Å². The van der Waals surface area contributed by atoms with Crippen molar-refractivity contribution in [3.8, 4) is 0 Å². The Bertz CT molecular complexity index is 520. The lowest BCUT2D eigenvalue weighted by Gasteiger charge is -2.27. The van der Waals surface area contributed by atoms with Gasteiger partial charge in [0.1, 0.15) is 0 Å². The van der Waals surface area contributed by atoms with Crippen LogP contribution in [-0.4, -0.2) is 68.2 Å². The van der Waals surface area contributed by atoms with E-state index in [0.717, 1.165) is 0 Å². The Labute approximate surface area is 141 Å². The molecule has 0 saturated carbocycles. The quantitative estimate of drug-likeness (QED) is 0.334. The molecule has 3 N–H and O–H groups in total. The monoisotopic (exact) mass is 431 g/mol. The van der Waals surface area contributed by atoms with Gasteiger partial charge in [0.25, 0.3) is 11.9 Å². The van der Waals surface area contributed by atoms with Crippen LogP contribution in [0.5, 0.6) is 0 Å². The highest BCUT2D eigenvalue weighted by atomic mass is 32.2. The van der Waals surface area contributed by atoms with E-state index in [-0.39, 0.29) is 0 Å². The number of hydrogen-bond acceptors (Lipinski definition) is 3. The van der Waals surface area contributed by atoms with E-state index in [4.69, 9.17) is 10.3 Å². The molecule has 0 aliphatic carbocycles. The third-order valence-electron chi connectivity index (χ3n) is 2.53. The molecule has 6 unspecified atom stereocenters. The van der Waals surface area contributed by atoms with Gasteiger partial charge in [-0.3, -0.25) is 4.55 Å². The van der Waals surface area contributed by atoms with Crippen molar-refractivity contribution >= 4 is 10.1 Å². The molecule has 0 aliphatic heterocycles. The SMILES string of the molecule is C=CCN.O=S(=O)(O)C(F)C(F)(F)C(F)C(F)C(F)C(F)C(F)C(F)F. The summed E-state index contributed by atoms with van der Waals surface area (Å²) in [6, 6.07) is 0. The number of rotatable bonds is 9. The predicted molar refractivity (Wildman–Crippen MR) is 71.1 cm³/mol. The molecule has 0 rings (SSSR count). The van der Waals surface area contributed by atoms with Crippen LogP contribution in [0.1, 0.15) is 0 Å². The van der Waals surface area contributed by atoms with Gasteiger partial charge in [-0.1, -0.05) is 6.08 Å². The van der Waals surface area contributed by atoms with Crippen molar-refractivity contribution < 1.29 is 56.9 Å². The van der Waals surface area contributed by atoms with E-state index >= 15 is 0 Å². The van der Waals surface area contributed by atoms with Gasteiger partial charge in [-0.25, -0.2) is 35.1 Å². The molecule has 0 amide bonds. The third-order valence-corrected chi connectivity index (χ3v) is 3.37. The minimum atomic E-state index is -6.25. The standard InChI is InChI=1S/C8H8F10O3S.C3H7N/c9-1(2(10)4(12)6(14)15)3(11)5(13)8(17,18)7(16)22(19,20)21;1-2-3-4/h1-7H,(H,19,20,21);2H,1,3-4H2. The lowest BCUT2D eigenvalue weighted by atomic mass is 10.0. The molecule has 0 radical (unpaired) electrons. The zero-order valence-corrected chi connectivity index (χ0v) is 13.4. The molecule has 0 saturated heterocycles. The summed E-state index contributed by atoms with van der Waals surface area (Å²) in [6.45, 7) is 3.94. The molecule has 0 bridgehead atoms. The lowest BCUT2D eigenvalue weighted by molar-refractivity contribution is -0.145. The number of alkyl halides is 10. The van der Waals surface area contributed by atoms with Gasteiger partial charge in [0, 0.05) is 6.54 Å². The summed E-state index contributed by atoms with van der Waals surface area (Å²) in [4.78, 5) is 0. The Morgan fingerprint density at radius 1 is 0.923 bits per heavy atom. The van der Waals surface area contributed by atoms with Crippen molar-refractivity contribution in [3.05, 3.63) is 12.7 Å². The highest BCUT2D eigenvalue weighted by Gasteiger charge is 2.60. The summed E-state index contributed by atoms with van der Waals surface area (Å²) in [5.41, 5.74) is 0.169. The second-order valence-corrected chi connectivity index (χ2v) is 5.99. The number of halogens is 10. The van der Waals surface area contributed by atoms with Crippen LogP contribution in [0.2, 0.25) is 0 Å². The topological polar surface area (TPSA) is 80.4 Å². The fourth-order valence-corrected chi connectivity index (χ4v) is 1.71. The van der Waals surface area contributed by atoms with Crippen LogP contribution in [0.3, 0.4) is 0 Å². The zero-order valence-electron chi connectivity index (χ0n) is 12.6. The van der Waals surface area contributed by atoms with E-state index < -0.39 is 58.8 Å². The smallest absolute Gasteiger partial charge is 0.327 e. The van der Waals surface area contributed by atoms with Crippen molar-refractivity contribution in [1.29, 1.82) is 0 Å². The van der Waals surface area contributed by atoms with Gasteiger partial charge < -0.3 is 5.73 Å². The zero-order chi connectivity index (χ0) is 21.5. The molecule has 0 heterocycles. The first-order valence-electron chi connectivity index (χ1n) is 6.34. The Morgan fingerprint density at radius 3 is 1.54 bits per heavy atom. The van der Waals surface area contributed by atoms with Crippen molar-refractivity contribution in [1.82, 2.24) is 0 Å². The maximum Gasteiger partial charge on any atom is 0.328 e. The summed E-state index contributed by atoms with van der Waals surface area (Å²) in [6.07, 6.45) is -23.9. The number of nitrogens with two attached hydrogens (primary N) is 1. The molecule has 4 nitrogen and oxygen atoms in total. The molecule has 6 atom stereocenters. The average Bonchev–Trinajstić information content (AvgIpc) is 2.56. The van der Waals surface area contributed by atoms with Crippen molar-refractivity contribution in [3.63, 3.8) is 0 Å². The van der Waals surface area contributed by atoms with E-state index in [1.807, 2.05) is 0 Å². The molecule has 15 heteroatoms. The van der Waals surface area contributed by atoms with Crippen molar-refractivity contribution in [2.45, 2.75) is 48.7 Å². The largest absolute Gasteiger partial charge is 0.328 e. The molecule has 0 aromatic heterocycles. The lowest BCUT2D eigenvalue weighted by Crippen LogP contribution is -2.52. The fraction of sp³-hybridized carbons (Fsp3) is 0.818. The molecular formula is C11H15F10NO3S. The molecule has 158 valence electrons. The highest BCUT2D eigenvalue weighted by Crippen LogP contribution is 2.36. The van der Waals surface area contributed by atoms with Crippen molar-refractivity contribution in [2.75, 3.05) is 6.54 Å². The van der Waals surface area contributed by atoms with Crippen LogP contribution >= 0.6 is 0 Å². The van der Waals surface area contributed by atoms with Gasteiger partial charge >= 0.3 is 16.0 Å². The summed E-state index contributed by atoms with van der Waals surface area (Å²) in [5, 5.41) is 0. The van der Waals surface area contributed by atoms with E-state index in [1.54, 1.807) is 6.08 Å². The van der Waals surface area contributed by atoms with Crippen LogP contribution in [0.15, 0.2) is 12.7 Å². The van der Waals surface area contributed by atoms with Crippen LogP contribution in [-0.2, 0) is 10.1 Å². The normalized spacial score (nSPS) is 19.6. The second-order valence-electron chi connectivity index (χ2n) is 4.54. The molecule has 26 heavy (non-hydrogen) atoms. The van der Waals surface area contributed by atoms with Gasteiger partial charge in [-0.2, -0.15) is 17.2 Å². The molecule has 0 aromatic carbocycles. The van der Waals surface area contributed by atoms with Crippen LogP contribution in [0.25, 0.3) is 0 Å². The first-order chi connectivity index (χ1) is 11.6. The molecule has 0 spiro atoms. The molecule has 0 fully saturated rings. The van der Waals surface area contributed by atoms with E-state index in [1.165, 1.54) is 0 Å². The maximum atomic E-state index is 13.0. The Hall–Kier alpha value is -1.09. The summed E-state index contributed by atoms with van der Waals surface area (Å²) in [5.74, 6) is -5.90. The summed E-state index contributed by atoms with van der Waals surface area (Å²) < 4.78 is 154. The first kappa shape index (κ1) is 27.1. The van der Waals surface area contributed by atoms with Crippen molar-refractivity contribution in [2.24, 2.45) is 5.73 Å². The average molecular weight is 431 g/mol. The molecule has 0 aromatic rings. The van der Waals surface area contributed by atoms with Crippen LogP contribution in [0, 0.1) is 0 Å². The van der Waals surface area contributed by atoms with Crippen LogP contribution < -0.4 is 5.73 Å². The van der Waals surface area contributed by atoms with E-state index in [2.05, 4.69) is 6.58 Å². The first-order valence-corrected chi connectivity index (χ1v) is 7.85. The number of hydrogen-bond donors (Lipinski definition) is 2. The van der Waals surface area contributed by atoms with Gasteiger partial charge in [0.15, 0.2) is 24.7 Å². The Balaban J connectivity index is 0. The second kappa shape index (κ2) is 10.9. The van der Waals surface area contributed by atoms with Crippen LogP contribution in [0.4, 0.5) is 43.9 Å². The Morgan fingerprint density at radius 2 is 1.27 bits per heavy atom. The molecule has 0 aliphatic rings. The van der Waals surface area contributed by atoms with E-state index in [0.29, 0.717) is 6.54 Å². The minimum Gasteiger partial charge on any atom is -0.327 e. The van der Waals surface area contributed by atoms with Gasteiger partial charge in [0.05, 0.1) is 0 Å². The highest BCUT2D eigenvalue weighted by molar-refractivity contribution is 7.86.